The number of piperazine rings is 1. The Morgan fingerprint density at radius 3 is 2.12 bits per heavy atom. The molecule has 0 amide bonds. The first-order valence-corrected chi connectivity index (χ1v) is 9.96. The van der Waals surface area contributed by atoms with E-state index in [0.29, 0.717) is 6.04 Å². The van der Waals surface area contributed by atoms with Gasteiger partial charge in [0, 0.05) is 30.7 Å². The molecule has 26 heavy (non-hydrogen) atoms. The van der Waals surface area contributed by atoms with E-state index in [1.165, 1.54) is 22.3 Å². The van der Waals surface area contributed by atoms with Gasteiger partial charge < -0.3 is 5.32 Å². The molecule has 1 heterocycles. The number of hydrogen-bond acceptors (Lipinski definition) is 2. The Labute approximate surface area is 164 Å². The van der Waals surface area contributed by atoms with Crippen molar-refractivity contribution in [2.75, 3.05) is 26.2 Å². The van der Waals surface area contributed by atoms with Crippen LogP contribution in [0.2, 0.25) is 0 Å². The zero-order chi connectivity index (χ0) is 17.8. The summed E-state index contributed by atoms with van der Waals surface area (Å²) in [6.07, 6.45) is 0. The van der Waals surface area contributed by atoms with Crippen molar-refractivity contribution in [3.63, 3.8) is 0 Å². The summed E-state index contributed by atoms with van der Waals surface area (Å²) in [5.41, 5.74) is 5.22. The van der Waals surface area contributed by atoms with Crippen molar-refractivity contribution < 1.29 is 0 Å². The molecule has 0 saturated carbocycles. The highest BCUT2D eigenvalue weighted by molar-refractivity contribution is 9.10. The van der Waals surface area contributed by atoms with Gasteiger partial charge in [-0.3, -0.25) is 4.90 Å². The molecule has 3 aromatic carbocycles. The summed E-state index contributed by atoms with van der Waals surface area (Å²) in [7, 11) is 0. The van der Waals surface area contributed by atoms with Crippen molar-refractivity contribution in [2.45, 2.75) is 6.04 Å². The fraction of sp³-hybridized carbons (Fsp3) is 0.217. The number of benzene rings is 3. The van der Waals surface area contributed by atoms with E-state index in [2.05, 4.69) is 105 Å². The Morgan fingerprint density at radius 1 is 0.731 bits per heavy atom. The van der Waals surface area contributed by atoms with E-state index in [0.717, 1.165) is 30.7 Å². The smallest absolute Gasteiger partial charge is 0.0603 e. The molecule has 2 nitrogen and oxygen atoms in total. The lowest BCUT2D eigenvalue weighted by atomic mass is 9.94. The third kappa shape index (κ3) is 3.90. The second-order valence-corrected chi connectivity index (χ2v) is 7.65. The van der Waals surface area contributed by atoms with E-state index in [4.69, 9.17) is 0 Å². The minimum Gasteiger partial charge on any atom is -0.314 e. The molecule has 3 aromatic rings. The highest BCUT2D eigenvalue weighted by Gasteiger charge is 2.24. The molecule has 1 aliphatic rings. The average molecular weight is 407 g/mol. The van der Waals surface area contributed by atoms with Crippen LogP contribution in [-0.2, 0) is 0 Å². The normalized spacial score (nSPS) is 16.3. The third-order valence-electron chi connectivity index (χ3n) is 5.01. The van der Waals surface area contributed by atoms with Crippen LogP contribution >= 0.6 is 15.9 Å². The van der Waals surface area contributed by atoms with Crippen LogP contribution in [0.3, 0.4) is 0 Å². The van der Waals surface area contributed by atoms with Crippen molar-refractivity contribution >= 4 is 15.9 Å². The van der Waals surface area contributed by atoms with E-state index < -0.39 is 0 Å². The van der Waals surface area contributed by atoms with E-state index >= 15 is 0 Å². The van der Waals surface area contributed by atoms with Gasteiger partial charge in [-0.1, -0.05) is 82.7 Å². The lowest BCUT2D eigenvalue weighted by Gasteiger charge is -2.35. The van der Waals surface area contributed by atoms with Crippen molar-refractivity contribution in [3.8, 4) is 11.1 Å². The van der Waals surface area contributed by atoms with Gasteiger partial charge in [-0.25, -0.2) is 0 Å². The largest absolute Gasteiger partial charge is 0.314 e. The molecule has 1 N–H and O–H groups in total. The Kier molecular flexibility index (Phi) is 5.49. The molecule has 1 unspecified atom stereocenters. The number of rotatable bonds is 4. The molecule has 4 rings (SSSR count). The second-order valence-electron chi connectivity index (χ2n) is 6.73. The molecule has 0 aromatic heterocycles. The van der Waals surface area contributed by atoms with Gasteiger partial charge in [0.05, 0.1) is 6.04 Å². The van der Waals surface area contributed by atoms with Crippen molar-refractivity contribution in [1.82, 2.24) is 10.2 Å². The minimum absolute atomic E-state index is 0.291. The summed E-state index contributed by atoms with van der Waals surface area (Å²) in [6, 6.07) is 28.6. The number of nitrogens with zero attached hydrogens (tertiary/aromatic N) is 1. The summed E-state index contributed by atoms with van der Waals surface area (Å²) in [6.45, 7) is 4.23. The number of hydrogen-bond donors (Lipinski definition) is 1. The number of halogens is 1. The zero-order valence-corrected chi connectivity index (χ0v) is 16.3. The molecule has 0 aliphatic carbocycles. The maximum absolute atomic E-state index is 3.64. The van der Waals surface area contributed by atoms with Crippen molar-refractivity contribution in [2.24, 2.45) is 0 Å². The molecule has 0 spiro atoms. The number of nitrogens with one attached hydrogen (secondary N) is 1. The quantitative estimate of drug-likeness (QED) is 0.647. The van der Waals surface area contributed by atoms with Gasteiger partial charge in [-0.2, -0.15) is 0 Å². The first kappa shape index (κ1) is 17.5. The highest BCUT2D eigenvalue weighted by atomic mass is 79.9. The van der Waals surface area contributed by atoms with Gasteiger partial charge in [-0.15, -0.1) is 0 Å². The summed E-state index contributed by atoms with van der Waals surface area (Å²) in [5, 5.41) is 3.46. The molecule has 3 heteroatoms. The Hall–Kier alpha value is -1.94. The van der Waals surface area contributed by atoms with Crippen LogP contribution in [0, 0.1) is 0 Å². The van der Waals surface area contributed by atoms with Crippen LogP contribution in [0.1, 0.15) is 17.2 Å². The van der Waals surface area contributed by atoms with Crippen LogP contribution in [0.4, 0.5) is 0 Å². The van der Waals surface area contributed by atoms with Gasteiger partial charge in [0.1, 0.15) is 0 Å². The Bertz CT molecular complexity index is 840. The minimum atomic E-state index is 0.291. The van der Waals surface area contributed by atoms with Gasteiger partial charge in [0.2, 0.25) is 0 Å². The lowest BCUT2D eigenvalue weighted by molar-refractivity contribution is 0.198. The fourth-order valence-electron chi connectivity index (χ4n) is 3.72. The molecule has 1 aliphatic heterocycles. The molecular formula is C23H23BrN2. The maximum Gasteiger partial charge on any atom is 0.0603 e. The van der Waals surface area contributed by atoms with Crippen LogP contribution in [0.5, 0.6) is 0 Å². The van der Waals surface area contributed by atoms with Crippen molar-refractivity contribution in [1.29, 1.82) is 0 Å². The van der Waals surface area contributed by atoms with E-state index in [1.807, 2.05) is 0 Å². The Balaban J connectivity index is 1.69. The molecular weight excluding hydrogens is 384 g/mol. The van der Waals surface area contributed by atoms with Crippen molar-refractivity contribution in [3.05, 3.63) is 94.5 Å². The van der Waals surface area contributed by atoms with Crippen LogP contribution in [0.15, 0.2) is 83.3 Å². The summed E-state index contributed by atoms with van der Waals surface area (Å²) < 4.78 is 1.14. The molecule has 1 atom stereocenters. The van der Waals surface area contributed by atoms with Gasteiger partial charge >= 0.3 is 0 Å². The fourth-order valence-corrected chi connectivity index (χ4v) is 4.14. The molecule has 0 bridgehead atoms. The van der Waals surface area contributed by atoms with E-state index in [9.17, 15) is 0 Å². The van der Waals surface area contributed by atoms with E-state index in [-0.39, 0.29) is 0 Å². The van der Waals surface area contributed by atoms with Gasteiger partial charge in [0.15, 0.2) is 0 Å². The monoisotopic (exact) mass is 406 g/mol. The van der Waals surface area contributed by atoms with Crippen LogP contribution in [-0.4, -0.2) is 31.1 Å². The molecule has 132 valence electrons. The zero-order valence-electron chi connectivity index (χ0n) is 14.7. The first-order chi connectivity index (χ1) is 12.8. The standard InChI is InChI=1S/C23H23BrN2/c24-22-8-4-7-21(17-22)23(26-15-13-25-14-16-26)20-11-9-19(10-12-20)18-5-2-1-3-6-18/h1-12,17,23,25H,13-16H2. The topological polar surface area (TPSA) is 15.3 Å². The Morgan fingerprint density at radius 2 is 1.42 bits per heavy atom. The molecule has 0 radical (unpaired) electrons. The second kappa shape index (κ2) is 8.17. The lowest BCUT2D eigenvalue weighted by Crippen LogP contribution is -2.45. The summed E-state index contributed by atoms with van der Waals surface area (Å²) in [4.78, 5) is 2.58. The van der Waals surface area contributed by atoms with Gasteiger partial charge in [0.25, 0.3) is 0 Å². The van der Waals surface area contributed by atoms with Crippen LogP contribution < -0.4 is 5.32 Å². The summed E-state index contributed by atoms with van der Waals surface area (Å²) in [5.74, 6) is 0. The maximum atomic E-state index is 3.64. The highest BCUT2D eigenvalue weighted by Crippen LogP contribution is 2.32. The predicted octanol–water partition coefficient (Wildman–Crippen LogP) is 5.11. The third-order valence-corrected chi connectivity index (χ3v) is 5.51. The average Bonchev–Trinajstić information content (AvgIpc) is 2.70. The predicted molar refractivity (Wildman–Crippen MR) is 112 cm³/mol. The first-order valence-electron chi connectivity index (χ1n) is 9.17. The molecule has 1 saturated heterocycles. The van der Waals surface area contributed by atoms with Gasteiger partial charge in [-0.05, 0) is 34.4 Å². The summed E-state index contributed by atoms with van der Waals surface area (Å²) >= 11 is 3.64. The van der Waals surface area contributed by atoms with E-state index in [1.54, 1.807) is 0 Å². The van der Waals surface area contributed by atoms with Crippen LogP contribution in [0.25, 0.3) is 11.1 Å². The SMILES string of the molecule is Brc1cccc(C(c2ccc(-c3ccccc3)cc2)N2CCNCC2)c1. The molecule has 1 fully saturated rings.